The van der Waals surface area contributed by atoms with Crippen LogP contribution in [0.5, 0.6) is 5.75 Å². The Kier molecular flexibility index (Phi) is 5.00. The molecule has 0 aromatic heterocycles. The molecule has 1 aromatic carbocycles. The minimum atomic E-state index is -0.477. The van der Waals surface area contributed by atoms with Gasteiger partial charge in [-0.05, 0) is 61.3 Å². The van der Waals surface area contributed by atoms with E-state index in [1.807, 2.05) is 11.8 Å². The molecule has 1 aromatic rings. The summed E-state index contributed by atoms with van der Waals surface area (Å²) < 4.78 is 10.6. The van der Waals surface area contributed by atoms with Crippen molar-refractivity contribution in [2.45, 2.75) is 53.0 Å². The number of esters is 1. The van der Waals surface area contributed by atoms with Crippen molar-refractivity contribution in [3.8, 4) is 5.75 Å². The number of carbonyl (C=O) groups is 2. The average molecular weight is 359 g/mol. The number of fused-ring (bicyclic) bond motifs is 2. The highest BCUT2D eigenvalue weighted by Crippen LogP contribution is 2.52. The molecule has 2 fully saturated rings. The molecule has 2 unspecified atom stereocenters. The van der Waals surface area contributed by atoms with Gasteiger partial charge in [-0.15, -0.1) is 0 Å². The molecule has 5 nitrogen and oxygen atoms in total. The van der Waals surface area contributed by atoms with Crippen LogP contribution in [0.15, 0.2) is 24.3 Å². The van der Waals surface area contributed by atoms with Gasteiger partial charge in [-0.25, -0.2) is 4.79 Å². The van der Waals surface area contributed by atoms with Gasteiger partial charge in [0.2, 0.25) is 0 Å². The van der Waals surface area contributed by atoms with E-state index in [0.29, 0.717) is 17.9 Å². The molecule has 3 rings (SSSR count). The van der Waals surface area contributed by atoms with Gasteiger partial charge in [0.15, 0.2) is 6.61 Å². The molecular weight excluding hydrogens is 330 g/mol. The third-order valence-corrected chi connectivity index (χ3v) is 5.46. The molecule has 2 aliphatic rings. The van der Waals surface area contributed by atoms with Crippen LogP contribution in [0, 0.1) is 10.8 Å². The second kappa shape index (κ2) is 6.93. The van der Waals surface area contributed by atoms with E-state index in [4.69, 9.17) is 9.47 Å². The van der Waals surface area contributed by atoms with E-state index >= 15 is 0 Å². The van der Waals surface area contributed by atoms with E-state index in [9.17, 15) is 9.59 Å². The third-order valence-electron chi connectivity index (χ3n) is 5.46. The average Bonchev–Trinajstić information content (AvgIpc) is 2.82. The van der Waals surface area contributed by atoms with Crippen molar-refractivity contribution in [1.82, 2.24) is 4.90 Å². The van der Waals surface area contributed by atoms with E-state index < -0.39 is 5.97 Å². The van der Waals surface area contributed by atoms with E-state index in [1.54, 1.807) is 24.3 Å². The fourth-order valence-corrected chi connectivity index (χ4v) is 4.90. The van der Waals surface area contributed by atoms with Crippen molar-refractivity contribution in [2.75, 3.05) is 19.8 Å². The van der Waals surface area contributed by atoms with Gasteiger partial charge in [0, 0.05) is 12.6 Å². The molecular formula is C21H29NO4. The van der Waals surface area contributed by atoms with Crippen molar-refractivity contribution in [3.63, 3.8) is 0 Å². The van der Waals surface area contributed by atoms with Crippen molar-refractivity contribution < 1.29 is 19.1 Å². The van der Waals surface area contributed by atoms with Crippen LogP contribution < -0.4 is 4.74 Å². The van der Waals surface area contributed by atoms with Crippen molar-refractivity contribution in [3.05, 3.63) is 29.8 Å². The standard InChI is InChI=1S/C21H29NO4/c1-5-25-17-8-6-15(7-9-17)19(24)26-12-18(23)22-14-21(4)11-16(22)10-20(2,3)13-21/h6-9,16H,5,10-14H2,1-4H3. The van der Waals surface area contributed by atoms with Crippen LogP contribution >= 0.6 is 0 Å². The normalized spacial score (nSPS) is 26.5. The first-order valence-electron chi connectivity index (χ1n) is 9.41. The number of ether oxygens (including phenoxy) is 2. The van der Waals surface area contributed by atoms with E-state index in [1.165, 1.54) is 0 Å². The lowest BCUT2D eigenvalue weighted by Crippen LogP contribution is -2.39. The molecule has 1 heterocycles. The Labute approximate surface area is 155 Å². The van der Waals surface area contributed by atoms with Crippen molar-refractivity contribution in [1.29, 1.82) is 0 Å². The number of benzene rings is 1. The Morgan fingerprint density at radius 2 is 1.85 bits per heavy atom. The van der Waals surface area contributed by atoms with Crippen LogP contribution in [0.25, 0.3) is 0 Å². The molecule has 5 heteroatoms. The SMILES string of the molecule is CCOc1ccc(C(=O)OCC(=O)N2CC3(C)CC2CC(C)(C)C3)cc1. The number of rotatable bonds is 5. The second-order valence-corrected chi connectivity index (χ2v) is 8.77. The summed E-state index contributed by atoms with van der Waals surface area (Å²) in [4.78, 5) is 26.8. The highest BCUT2D eigenvalue weighted by molar-refractivity contribution is 5.91. The number of amides is 1. The Balaban J connectivity index is 1.56. The van der Waals surface area contributed by atoms with Gasteiger partial charge in [0.25, 0.3) is 5.91 Å². The van der Waals surface area contributed by atoms with Gasteiger partial charge in [-0.3, -0.25) is 4.79 Å². The summed E-state index contributed by atoms with van der Waals surface area (Å²) in [6.45, 7) is 9.86. The highest BCUT2D eigenvalue weighted by atomic mass is 16.5. The monoisotopic (exact) mass is 359 g/mol. The zero-order valence-corrected chi connectivity index (χ0v) is 16.2. The third kappa shape index (κ3) is 4.02. The lowest BCUT2D eigenvalue weighted by molar-refractivity contribution is -0.135. The van der Waals surface area contributed by atoms with Crippen molar-refractivity contribution >= 4 is 11.9 Å². The zero-order valence-electron chi connectivity index (χ0n) is 16.2. The van der Waals surface area contributed by atoms with Gasteiger partial charge in [-0.2, -0.15) is 0 Å². The minimum Gasteiger partial charge on any atom is -0.494 e. The molecule has 26 heavy (non-hydrogen) atoms. The zero-order chi connectivity index (χ0) is 18.9. The second-order valence-electron chi connectivity index (χ2n) is 8.77. The summed E-state index contributed by atoms with van der Waals surface area (Å²) in [5, 5.41) is 0. The minimum absolute atomic E-state index is 0.0873. The largest absolute Gasteiger partial charge is 0.494 e. The van der Waals surface area contributed by atoms with Gasteiger partial charge >= 0.3 is 5.97 Å². The number of carbonyl (C=O) groups excluding carboxylic acids is 2. The molecule has 1 saturated heterocycles. The fraction of sp³-hybridized carbons (Fsp3) is 0.619. The Hall–Kier alpha value is -2.04. The van der Waals surface area contributed by atoms with Crippen LogP contribution in [0.2, 0.25) is 0 Å². The summed E-state index contributed by atoms with van der Waals surface area (Å²) in [6, 6.07) is 7.04. The van der Waals surface area contributed by atoms with Crippen molar-refractivity contribution in [2.24, 2.45) is 10.8 Å². The summed E-state index contributed by atoms with van der Waals surface area (Å²) in [6.07, 6.45) is 3.20. The molecule has 1 aliphatic heterocycles. The lowest BCUT2D eigenvalue weighted by Gasteiger charge is -2.39. The smallest absolute Gasteiger partial charge is 0.338 e. The molecule has 1 saturated carbocycles. The van der Waals surface area contributed by atoms with Crippen LogP contribution in [0.4, 0.5) is 0 Å². The summed E-state index contributed by atoms with van der Waals surface area (Å²) in [5.74, 6) is 0.145. The Morgan fingerprint density at radius 3 is 2.50 bits per heavy atom. The van der Waals surface area contributed by atoms with Crippen LogP contribution in [0.1, 0.15) is 57.3 Å². The number of nitrogens with zero attached hydrogens (tertiary/aromatic N) is 1. The molecule has 2 bridgehead atoms. The molecule has 2 atom stereocenters. The highest BCUT2D eigenvalue weighted by Gasteiger charge is 2.50. The molecule has 1 aliphatic carbocycles. The first-order chi connectivity index (χ1) is 12.2. The van der Waals surface area contributed by atoms with Gasteiger partial charge in [0.05, 0.1) is 12.2 Å². The predicted molar refractivity (Wildman–Crippen MR) is 99.1 cm³/mol. The van der Waals surface area contributed by atoms with E-state index in [0.717, 1.165) is 25.8 Å². The topological polar surface area (TPSA) is 55.8 Å². The summed E-state index contributed by atoms with van der Waals surface area (Å²) in [5.41, 5.74) is 0.863. The van der Waals surface area contributed by atoms with Gasteiger partial charge in [0.1, 0.15) is 5.75 Å². The first-order valence-corrected chi connectivity index (χ1v) is 9.41. The van der Waals surface area contributed by atoms with Crippen LogP contribution in [-0.2, 0) is 9.53 Å². The molecule has 0 spiro atoms. The summed E-state index contributed by atoms with van der Waals surface area (Å²) in [7, 11) is 0. The Morgan fingerprint density at radius 1 is 1.15 bits per heavy atom. The number of hydrogen-bond donors (Lipinski definition) is 0. The van der Waals surface area contributed by atoms with Gasteiger partial charge < -0.3 is 14.4 Å². The maximum atomic E-state index is 12.6. The predicted octanol–water partition coefficient (Wildman–Crippen LogP) is 3.67. The summed E-state index contributed by atoms with van der Waals surface area (Å²) >= 11 is 0. The number of likely N-dealkylation sites (tertiary alicyclic amines) is 1. The first kappa shape index (κ1) is 18.7. The van der Waals surface area contributed by atoms with Crippen LogP contribution in [0.3, 0.4) is 0 Å². The molecule has 1 amide bonds. The number of hydrogen-bond acceptors (Lipinski definition) is 4. The quantitative estimate of drug-likeness (QED) is 0.753. The molecule has 0 N–H and O–H groups in total. The van der Waals surface area contributed by atoms with Gasteiger partial charge in [-0.1, -0.05) is 20.8 Å². The maximum Gasteiger partial charge on any atom is 0.338 e. The van der Waals surface area contributed by atoms with E-state index in [2.05, 4.69) is 20.8 Å². The molecule has 142 valence electrons. The van der Waals surface area contributed by atoms with Crippen LogP contribution in [-0.4, -0.2) is 42.6 Å². The van der Waals surface area contributed by atoms with E-state index in [-0.39, 0.29) is 29.4 Å². The molecule has 0 radical (unpaired) electrons. The lowest BCUT2D eigenvalue weighted by atomic mass is 9.65. The Bertz CT molecular complexity index is 682. The maximum absolute atomic E-state index is 12.6. The fourth-order valence-electron chi connectivity index (χ4n) is 4.90.